The molecular weight excluding hydrogens is 472 g/mol. The van der Waals surface area contributed by atoms with Gasteiger partial charge in [0, 0.05) is 43.0 Å². The highest BCUT2D eigenvalue weighted by atomic mass is 32.2. The quantitative estimate of drug-likeness (QED) is 0.595. The first-order chi connectivity index (χ1) is 15.9. The Morgan fingerprint density at radius 1 is 1.21 bits per heavy atom. The van der Waals surface area contributed by atoms with Gasteiger partial charge in [-0.1, -0.05) is 4.49 Å². The minimum Gasteiger partial charge on any atom is -0.490 e. The van der Waals surface area contributed by atoms with Crippen molar-refractivity contribution in [2.24, 2.45) is 5.92 Å². The fourth-order valence-corrected chi connectivity index (χ4v) is 5.68. The highest BCUT2D eigenvalue weighted by molar-refractivity contribution is 7.89. The molecule has 1 aromatic heterocycles. The number of hydrogen-bond acceptors (Lipinski definition) is 10. The summed E-state index contributed by atoms with van der Waals surface area (Å²) >= 11 is 0.889. The molecule has 0 aliphatic carbocycles. The molecule has 1 saturated heterocycles. The topological polar surface area (TPSA) is 137 Å². The van der Waals surface area contributed by atoms with Crippen molar-refractivity contribution in [2.45, 2.75) is 31.1 Å². The molecule has 2 aliphatic rings. The third kappa shape index (κ3) is 5.09. The number of sulfonamides is 1. The number of esters is 1. The van der Waals surface area contributed by atoms with Gasteiger partial charge in [0.15, 0.2) is 16.5 Å². The lowest BCUT2D eigenvalue weighted by molar-refractivity contribution is -0.120. The van der Waals surface area contributed by atoms with Gasteiger partial charge in [-0.3, -0.25) is 4.79 Å². The molecule has 13 heteroatoms. The largest absolute Gasteiger partial charge is 0.490 e. The van der Waals surface area contributed by atoms with Crippen molar-refractivity contribution in [1.82, 2.24) is 13.9 Å². The van der Waals surface area contributed by atoms with E-state index >= 15 is 0 Å². The van der Waals surface area contributed by atoms with Crippen molar-refractivity contribution in [3.05, 3.63) is 23.9 Å². The van der Waals surface area contributed by atoms with Crippen LogP contribution < -0.4 is 14.8 Å². The molecule has 3 heterocycles. The summed E-state index contributed by atoms with van der Waals surface area (Å²) in [6.45, 7) is 3.23. The highest BCUT2D eigenvalue weighted by Gasteiger charge is 2.33. The van der Waals surface area contributed by atoms with Crippen LogP contribution in [0.2, 0.25) is 0 Å². The Morgan fingerprint density at radius 2 is 1.94 bits per heavy atom. The maximum Gasteiger partial charge on any atom is 0.362 e. The normalized spacial score (nSPS) is 17.2. The van der Waals surface area contributed by atoms with Gasteiger partial charge in [-0.15, -0.1) is 5.10 Å². The Kier molecular flexibility index (Phi) is 7.10. The molecule has 0 bridgehead atoms. The van der Waals surface area contributed by atoms with E-state index in [1.165, 1.54) is 16.4 Å². The van der Waals surface area contributed by atoms with E-state index < -0.39 is 21.9 Å². The fraction of sp³-hybridized carbons (Fsp3) is 0.500. The van der Waals surface area contributed by atoms with Gasteiger partial charge in [-0.25, -0.2) is 13.2 Å². The van der Waals surface area contributed by atoms with Crippen LogP contribution in [0.1, 0.15) is 36.7 Å². The number of hydrogen-bond donors (Lipinski definition) is 1. The van der Waals surface area contributed by atoms with Crippen molar-refractivity contribution < 1.29 is 32.2 Å². The molecule has 11 nitrogen and oxygen atoms in total. The summed E-state index contributed by atoms with van der Waals surface area (Å²) in [5.74, 6) is -0.422. The van der Waals surface area contributed by atoms with Gasteiger partial charge in [0.25, 0.3) is 0 Å². The number of carbonyl (C=O) groups is 2. The second-order valence-electron chi connectivity index (χ2n) is 7.50. The first-order valence-corrected chi connectivity index (χ1v) is 12.8. The Balaban J connectivity index is 1.39. The summed E-state index contributed by atoms with van der Waals surface area (Å²) in [6, 6.07) is 4.61. The summed E-state index contributed by atoms with van der Waals surface area (Å²) in [6.07, 6.45) is 1.42. The second kappa shape index (κ2) is 10.0. The number of ether oxygens (including phenoxy) is 3. The van der Waals surface area contributed by atoms with Gasteiger partial charge in [-0.2, -0.15) is 4.31 Å². The van der Waals surface area contributed by atoms with Gasteiger partial charge in [-0.05, 0) is 31.9 Å². The van der Waals surface area contributed by atoms with E-state index in [1.54, 1.807) is 13.0 Å². The standard InChI is InChI=1S/C20H24N4O7S2/c1-2-29-20(26)17-19(32-23-22-17)21-18(25)13-6-8-24(9-7-13)33(27,28)14-4-5-15-16(12-14)31-11-3-10-30-15/h4-5,12-13H,2-3,6-11H2,1H3,(H,21,25). The van der Waals surface area contributed by atoms with Crippen LogP contribution in [-0.4, -0.2) is 67.1 Å². The molecule has 2 aliphatic heterocycles. The molecule has 0 radical (unpaired) electrons. The number of anilines is 1. The van der Waals surface area contributed by atoms with Crippen molar-refractivity contribution in [3.63, 3.8) is 0 Å². The number of carbonyl (C=O) groups excluding carboxylic acids is 2. The van der Waals surface area contributed by atoms with Crippen LogP contribution in [0, 0.1) is 5.92 Å². The van der Waals surface area contributed by atoms with Crippen LogP contribution >= 0.6 is 11.5 Å². The van der Waals surface area contributed by atoms with Gasteiger partial charge < -0.3 is 19.5 Å². The predicted molar refractivity (Wildman–Crippen MR) is 118 cm³/mol. The van der Waals surface area contributed by atoms with E-state index in [1.807, 2.05) is 0 Å². The average molecular weight is 497 g/mol. The molecule has 1 N–H and O–H groups in total. The third-order valence-electron chi connectivity index (χ3n) is 5.37. The van der Waals surface area contributed by atoms with Crippen molar-refractivity contribution in [3.8, 4) is 11.5 Å². The lowest BCUT2D eigenvalue weighted by Gasteiger charge is -2.30. The molecule has 1 amide bonds. The Hall–Kier alpha value is -2.77. The lowest BCUT2D eigenvalue weighted by atomic mass is 9.97. The van der Waals surface area contributed by atoms with Crippen LogP contribution in [0.15, 0.2) is 23.1 Å². The molecule has 0 atom stereocenters. The smallest absolute Gasteiger partial charge is 0.362 e. The average Bonchev–Trinajstić information content (AvgIpc) is 3.14. The maximum atomic E-state index is 13.1. The first-order valence-electron chi connectivity index (χ1n) is 10.6. The van der Waals surface area contributed by atoms with Gasteiger partial charge in [0.2, 0.25) is 21.6 Å². The molecule has 4 rings (SSSR count). The summed E-state index contributed by atoms with van der Waals surface area (Å²) in [5.41, 5.74) is -0.0374. The Morgan fingerprint density at radius 3 is 2.67 bits per heavy atom. The fourth-order valence-electron chi connectivity index (χ4n) is 3.63. The number of fused-ring (bicyclic) bond motifs is 1. The van der Waals surface area contributed by atoms with E-state index in [0.717, 1.165) is 18.0 Å². The molecule has 33 heavy (non-hydrogen) atoms. The summed E-state index contributed by atoms with van der Waals surface area (Å²) in [7, 11) is -3.74. The zero-order chi connectivity index (χ0) is 23.4. The molecule has 0 unspecified atom stereocenters. The zero-order valence-corrected chi connectivity index (χ0v) is 19.6. The Bertz CT molecular complexity index is 1130. The number of benzene rings is 1. The molecule has 2 aromatic rings. The number of nitrogens with one attached hydrogen (secondary N) is 1. The first kappa shape index (κ1) is 23.4. The summed E-state index contributed by atoms with van der Waals surface area (Å²) in [4.78, 5) is 24.8. The van der Waals surface area contributed by atoms with E-state index in [-0.39, 0.29) is 41.2 Å². The number of piperidine rings is 1. The predicted octanol–water partition coefficient (Wildman–Crippen LogP) is 1.92. The van der Waals surface area contributed by atoms with Gasteiger partial charge >= 0.3 is 5.97 Å². The SMILES string of the molecule is CCOC(=O)c1nnsc1NC(=O)C1CCN(S(=O)(=O)c2ccc3c(c2)OCCCO3)CC1. The van der Waals surface area contributed by atoms with Gasteiger partial charge in [0.05, 0.1) is 24.7 Å². The number of rotatable bonds is 6. The lowest BCUT2D eigenvalue weighted by Crippen LogP contribution is -2.41. The number of amides is 1. The zero-order valence-electron chi connectivity index (χ0n) is 18.0. The Labute approximate surface area is 195 Å². The summed E-state index contributed by atoms with van der Waals surface area (Å²) < 4.78 is 47.4. The maximum absolute atomic E-state index is 13.1. The van der Waals surface area contributed by atoms with Crippen LogP contribution in [-0.2, 0) is 19.6 Å². The monoisotopic (exact) mass is 496 g/mol. The van der Waals surface area contributed by atoms with Crippen LogP contribution in [0.5, 0.6) is 11.5 Å². The van der Waals surface area contributed by atoms with Crippen molar-refractivity contribution in [2.75, 3.05) is 38.2 Å². The van der Waals surface area contributed by atoms with Gasteiger partial charge in [0.1, 0.15) is 0 Å². The van der Waals surface area contributed by atoms with E-state index in [9.17, 15) is 18.0 Å². The van der Waals surface area contributed by atoms with E-state index in [2.05, 4.69) is 14.9 Å². The van der Waals surface area contributed by atoms with Crippen LogP contribution in [0.3, 0.4) is 0 Å². The molecular formula is C20H24N4O7S2. The second-order valence-corrected chi connectivity index (χ2v) is 10.2. The summed E-state index contributed by atoms with van der Waals surface area (Å²) in [5, 5.41) is 6.62. The highest BCUT2D eigenvalue weighted by Crippen LogP contribution is 2.34. The molecule has 0 spiro atoms. The van der Waals surface area contributed by atoms with Crippen molar-refractivity contribution >= 4 is 38.4 Å². The minimum atomic E-state index is -3.74. The van der Waals surface area contributed by atoms with Crippen LogP contribution in [0.25, 0.3) is 0 Å². The number of aromatic nitrogens is 2. The molecule has 1 aromatic carbocycles. The number of nitrogens with zero attached hydrogens (tertiary/aromatic N) is 3. The van der Waals surface area contributed by atoms with Crippen LogP contribution in [0.4, 0.5) is 5.00 Å². The van der Waals surface area contributed by atoms with Crippen molar-refractivity contribution in [1.29, 1.82) is 0 Å². The minimum absolute atomic E-state index is 0.0374. The third-order valence-corrected chi connectivity index (χ3v) is 7.91. The molecule has 178 valence electrons. The van der Waals surface area contributed by atoms with E-state index in [0.29, 0.717) is 37.6 Å². The molecule has 0 saturated carbocycles. The van der Waals surface area contributed by atoms with E-state index in [4.69, 9.17) is 14.2 Å². The molecule has 1 fully saturated rings.